The lowest BCUT2D eigenvalue weighted by Crippen LogP contribution is -2.46. The molecule has 0 radical (unpaired) electrons. The Morgan fingerprint density at radius 2 is 2.12 bits per heavy atom. The Morgan fingerprint density at radius 1 is 1.38 bits per heavy atom. The molecule has 0 aromatic heterocycles. The van der Waals surface area contributed by atoms with E-state index in [1.165, 1.54) is 44.9 Å². The van der Waals surface area contributed by atoms with Gasteiger partial charge in [0.25, 0.3) is 0 Å². The summed E-state index contributed by atoms with van der Waals surface area (Å²) in [6.45, 7) is 5.47. The van der Waals surface area contributed by atoms with Crippen LogP contribution in [0.4, 0.5) is 0 Å². The van der Waals surface area contributed by atoms with E-state index in [-0.39, 0.29) is 0 Å². The van der Waals surface area contributed by atoms with Crippen molar-refractivity contribution in [2.24, 2.45) is 11.7 Å². The lowest BCUT2D eigenvalue weighted by Gasteiger charge is -2.38. The van der Waals surface area contributed by atoms with Crippen LogP contribution in [-0.2, 0) is 0 Å². The number of hydrogen-bond acceptors (Lipinski definition) is 2. The van der Waals surface area contributed by atoms with Gasteiger partial charge in [0.15, 0.2) is 0 Å². The molecule has 1 fully saturated rings. The molecule has 3 atom stereocenters. The molecule has 0 amide bonds. The van der Waals surface area contributed by atoms with Gasteiger partial charge in [-0.25, -0.2) is 0 Å². The van der Waals surface area contributed by atoms with Crippen LogP contribution in [0.15, 0.2) is 0 Å². The van der Waals surface area contributed by atoms with Gasteiger partial charge in [-0.1, -0.05) is 39.5 Å². The topological polar surface area (TPSA) is 29.3 Å². The molecule has 1 aliphatic rings. The van der Waals surface area contributed by atoms with Crippen LogP contribution in [0.25, 0.3) is 0 Å². The van der Waals surface area contributed by atoms with E-state index in [4.69, 9.17) is 5.73 Å². The zero-order chi connectivity index (χ0) is 12.0. The average molecular weight is 226 g/mol. The van der Waals surface area contributed by atoms with Gasteiger partial charge in [-0.2, -0.15) is 0 Å². The van der Waals surface area contributed by atoms with Crippen molar-refractivity contribution >= 4 is 0 Å². The van der Waals surface area contributed by atoms with Crippen molar-refractivity contribution in [3.63, 3.8) is 0 Å². The first-order chi connectivity index (χ1) is 7.69. The Hall–Kier alpha value is -0.0800. The molecule has 96 valence electrons. The fourth-order valence-corrected chi connectivity index (χ4v) is 3.00. The molecule has 0 spiro atoms. The minimum absolute atomic E-state index is 0.607. The molecule has 0 aromatic carbocycles. The third-order valence-electron chi connectivity index (χ3n) is 4.22. The second kappa shape index (κ2) is 7.29. The van der Waals surface area contributed by atoms with Crippen molar-refractivity contribution in [3.8, 4) is 0 Å². The average Bonchev–Trinajstić information content (AvgIpc) is 2.29. The standard InChI is InChI=1S/C14H30N2/c1-4-5-8-14(11-15)16(3)13-9-6-7-12(2)10-13/h12-14H,4-11,15H2,1-3H3. The number of hydrogen-bond donors (Lipinski definition) is 1. The summed E-state index contributed by atoms with van der Waals surface area (Å²) in [6.07, 6.45) is 9.45. The predicted octanol–water partition coefficient (Wildman–Crippen LogP) is 3.01. The minimum Gasteiger partial charge on any atom is -0.329 e. The van der Waals surface area contributed by atoms with E-state index in [1.54, 1.807) is 0 Å². The maximum Gasteiger partial charge on any atom is 0.0218 e. The molecule has 0 aromatic rings. The maximum absolute atomic E-state index is 5.91. The number of nitrogens with zero attached hydrogens (tertiary/aromatic N) is 1. The minimum atomic E-state index is 0.607. The van der Waals surface area contributed by atoms with Gasteiger partial charge in [0.2, 0.25) is 0 Å². The SMILES string of the molecule is CCCCC(CN)N(C)C1CCCC(C)C1. The first-order valence-corrected chi connectivity index (χ1v) is 7.11. The summed E-state index contributed by atoms with van der Waals surface area (Å²) >= 11 is 0. The highest BCUT2D eigenvalue weighted by atomic mass is 15.2. The monoisotopic (exact) mass is 226 g/mol. The van der Waals surface area contributed by atoms with Crippen LogP contribution in [0, 0.1) is 5.92 Å². The fraction of sp³-hybridized carbons (Fsp3) is 1.00. The molecule has 0 aliphatic heterocycles. The highest BCUT2D eigenvalue weighted by molar-refractivity contribution is 4.81. The van der Waals surface area contributed by atoms with E-state index in [9.17, 15) is 0 Å². The van der Waals surface area contributed by atoms with Crippen molar-refractivity contribution in [1.82, 2.24) is 4.90 Å². The zero-order valence-electron chi connectivity index (χ0n) is 11.4. The van der Waals surface area contributed by atoms with Gasteiger partial charge in [0.05, 0.1) is 0 Å². The summed E-state index contributed by atoms with van der Waals surface area (Å²) in [7, 11) is 2.29. The van der Waals surface area contributed by atoms with Crippen molar-refractivity contribution in [1.29, 1.82) is 0 Å². The van der Waals surface area contributed by atoms with Crippen LogP contribution >= 0.6 is 0 Å². The van der Waals surface area contributed by atoms with Gasteiger partial charge in [-0.15, -0.1) is 0 Å². The van der Waals surface area contributed by atoms with Gasteiger partial charge in [-0.05, 0) is 32.2 Å². The molecule has 2 N–H and O–H groups in total. The third kappa shape index (κ3) is 4.06. The number of rotatable bonds is 6. The maximum atomic E-state index is 5.91. The molecule has 1 aliphatic carbocycles. The summed E-state index contributed by atoms with van der Waals surface area (Å²) < 4.78 is 0. The van der Waals surface area contributed by atoms with Gasteiger partial charge in [-0.3, -0.25) is 4.90 Å². The highest BCUT2D eigenvalue weighted by Crippen LogP contribution is 2.28. The van der Waals surface area contributed by atoms with E-state index < -0.39 is 0 Å². The van der Waals surface area contributed by atoms with Crippen LogP contribution in [0.3, 0.4) is 0 Å². The number of unbranched alkanes of at least 4 members (excludes halogenated alkanes) is 1. The molecule has 0 heterocycles. The second-order valence-electron chi connectivity index (χ2n) is 5.62. The van der Waals surface area contributed by atoms with Gasteiger partial charge < -0.3 is 5.73 Å². The summed E-state index contributed by atoms with van der Waals surface area (Å²) in [5, 5.41) is 0. The summed E-state index contributed by atoms with van der Waals surface area (Å²) in [5.74, 6) is 0.908. The van der Waals surface area contributed by atoms with Crippen LogP contribution < -0.4 is 5.73 Å². The lowest BCUT2D eigenvalue weighted by atomic mass is 9.85. The Labute approximate surface area is 102 Å². The molecule has 0 saturated heterocycles. The van der Waals surface area contributed by atoms with Crippen LogP contribution in [0.2, 0.25) is 0 Å². The van der Waals surface area contributed by atoms with Crippen molar-refractivity contribution in [2.75, 3.05) is 13.6 Å². The second-order valence-corrected chi connectivity index (χ2v) is 5.62. The largest absolute Gasteiger partial charge is 0.329 e. The molecule has 3 unspecified atom stereocenters. The molecule has 1 rings (SSSR count). The summed E-state index contributed by atoms with van der Waals surface area (Å²) in [6, 6.07) is 1.39. The molecule has 0 bridgehead atoms. The Kier molecular flexibility index (Phi) is 6.37. The van der Waals surface area contributed by atoms with E-state index >= 15 is 0 Å². The Balaban J connectivity index is 2.42. The van der Waals surface area contributed by atoms with Crippen LogP contribution in [0.1, 0.15) is 58.8 Å². The molecule has 16 heavy (non-hydrogen) atoms. The number of likely N-dealkylation sites (N-methyl/N-ethyl adjacent to an activating group) is 1. The van der Waals surface area contributed by atoms with Crippen molar-refractivity contribution in [2.45, 2.75) is 70.9 Å². The smallest absolute Gasteiger partial charge is 0.0218 e. The molecule has 2 nitrogen and oxygen atoms in total. The van der Waals surface area contributed by atoms with Gasteiger partial charge >= 0.3 is 0 Å². The lowest BCUT2D eigenvalue weighted by molar-refractivity contribution is 0.115. The first-order valence-electron chi connectivity index (χ1n) is 7.11. The van der Waals surface area contributed by atoms with Gasteiger partial charge in [0, 0.05) is 18.6 Å². The van der Waals surface area contributed by atoms with Crippen LogP contribution in [-0.4, -0.2) is 30.6 Å². The van der Waals surface area contributed by atoms with E-state index in [0.717, 1.165) is 18.5 Å². The zero-order valence-corrected chi connectivity index (χ0v) is 11.4. The summed E-state index contributed by atoms with van der Waals surface area (Å²) in [5.41, 5.74) is 5.91. The first kappa shape index (κ1) is 14.0. The van der Waals surface area contributed by atoms with E-state index in [2.05, 4.69) is 25.8 Å². The van der Waals surface area contributed by atoms with Crippen LogP contribution in [0.5, 0.6) is 0 Å². The molecular weight excluding hydrogens is 196 g/mol. The summed E-state index contributed by atoms with van der Waals surface area (Å²) in [4.78, 5) is 2.57. The molecule has 2 heteroatoms. The van der Waals surface area contributed by atoms with Crippen molar-refractivity contribution < 1.29 is 0 Å². The normalized spacial score (nSPS) is 28.3. The quantitative estimate of drug-likeness (QED) is 0.754. The number of nitrogens with two attached hydrogens (primary N) is 1. The molecule has 1 saturated carbocycles. The fourth-order valence-electron chi connectivity index (χ4n) is 3.00. The highest BCUT2D eigenvalue weighted by Gasteiger charge is 2.25. The van der Waals surface area contributed by atoms with Gasteiger partial charge in [0.1, 0.15) is 0 Å². The Morgan fingerprint density at radius 3 is 2.69 bits per heavy atom. The Bertz CT molecular complexity index is 182. The van der Waals surface area contributed by atoms with E-state index in [0.29, 0.717) is 6.04 Å². The predicted molar refractivity (Wildman–Crippen MR) is 71.6 cm³/mol. The van der Waals surface area contributed by atoms with E-state index in [1.807, 2.05) is 0 Å². The van der Waals surface area contributed by atoms with Crippen molar-refractivity contribution in [3.05, 3.63) is 0 Å². The molecular formula is C14H30N2. The third-order valence-corrected chi connectivity index (χ3v) is 4.22.